The van der Waals surface area contributed by atoms with E-state index in [2.05, 4.69) is 5.32 Å². The van der Waals surface area contributed by atoms with E-state index in [1.54, 1.807) is 25.8 Å². The zero-order valence-electron chi connectivity index (χ0n) is 8.22. The van der Waals surface area contributed by atoms with E-state index in [9.17, 15) is 9.90 Å². The number of carbonyl (C=O) groups is 1. The molecule has 2 amide bonds. The summed E-state index contributed by atoms with van der Waals surface area (Å²) in [5, 5.41) is 11.9. The van der Waals surface area contributed by atoms with Crippen molar-refractivity contribution >= 4 is 6.03 Å². The molecule has 0 radical (unpaired) electrons. The highest BCUT2D eigenvalue weighted by molar-refractivity contribution is 5.73. The predicted molar refractivity (Wildman–Crippen MR) is 48.0 cm³/mol. The largest absolute Gasteiger partial charge is 0.389 e. The molecule has 0 aromatic rings. The van der Waals surface area contributed by atoms with Crippen LogP contribution in [0.4, 0.5) is 4.79 Å². The maximum atomic E-state index is 11.1. The molecule has 0 aliphatic rings. The number of hydrogen-bond acceptors (Lipinski definition) is 2. The van der Waals surface area contributed by atoms with Crippen molar-refractivity contribution in [1.82, 2.24) is 10.2 Å². The predicted octanol–water partition coefficient (Wildman–Crippen LogP) is 0.419. The minimum atomic E-state index is -0.843. The molecule has 12 heavy (non-hydrogen) atoms. The summed E-state index contributed by atoms with van der Waals surface area (Å²) < 4.78 is 0. The summed E-state index contributed by atoms with van der Waals surface area (Å²) in [6.45, 7) is 6.13. The Morgan fingerprint density at radius 3 is 2.42 bits per heavy atom. The van der Waals surface area contributed by atoms with Crippen molar-refractivity contribution in [2.75, 3.05) is 20.1 Å². The summed E-state index contributed by atoms with van der Waals surface area (Å²) in [6, 6.07) is -0.153. The lowest BCUT2D eigenvalue weighted by molar-refractivity contribution is 0.0802. The van der Waals surface area contributed by atoms with Gasteiger partial charge in [-0.1, -0.05) is 0 Å². The van der Waals surface area contributed by atoms with Gasteiger partial charge < -0.3 is 15.3 Å². The van der Waals surface area contributed by atoms with Crippen LogP contribution in [0.5, 0.6) is 0 Å². The Balaban J connectivity index is 3.72. The van der Waals surface area contributed by atoms with Crippen molar-refractivity contribution in [2.45, 2.75) is 26.4 Å². The summed E-state index contributed by atoms with van der Waals surface area (Å²) in [5.74, 6) is 0. The van der Waals surface area contributed by atoms with E-state index in [1.165, 1.54) is 0 Å². The van der Waals surface area contributed by atoms with E-state index in [4.69, 9.17) is 0 Å². The second kappa shape index (κ2) is 4.30. The second-order valence-corrected chi connectivity index (χ2v) is 3.49. The zero-order chi connectivity index (χ0) is 9.78. The van der Waals surface area contributed by atoms with Gasteiger partial charge in [0.15, 0.2) is 0 Å². The third kappa shape index (κ3) is 4.96. The number of amides is 2. The Bertz CT molecular complexity index is 152. The maximum Gasteiger partial charge on any atom is 0.317 e. The number of nitrogens with zero attached hydrogens (tertiary/aromatic N) is 1. The van der Waals surface area contributed by atoms with Gasteiger partial charge in [-0.2, -0.15) is 0 Å². The van der Waals surface area contributed by atoms with E-state index in [-0.39, 0.29) is 12.6 Å². The van der Waals surface area contributed by atoms with Crippen LogP contribution in [0.25, 0.3) is 0 Å². The van der Waals surface area contributed by atoms with Crippen molar-refractivity contribution in [3.63, 3.8) is 0 Å². The number of carbonyl (C=O) groups excluding carboxylic acids is 1. The molecule has 0 rings (SSSR count). The first-order chi connectivity index (χ1) is 5.37. The number of rotatable bonds is 3. The SMILES string of the molecule is CCN(C)C(=O)NCC(C)(C)O. The average Bonchev–Trinajstić information content (AvgIpc) is 1.97. The minimum absolute atomic E-state index is 0.153. The summed E-state index contributed by atoms with van der Waals surface area (Å²) in [6.07, 6.45) is 0. The van der Waals surface area contributed by atoms with Gasteiger partial charge in [-0.3, -0.25) is 0 Å². The molecule has 0 saturated heterocycles. The minimum Gasteiger partial charge on any atom is -0.389 e. The molecule has 0 aromatic heterocycles. The van der Waals surface area contributed by atoms with Gasteiger partial charge in [-0.05, 0) is 20.8 Å². The third-order valence-corrected chi connectivity index (χ3v) is 1.49. The molecule has 72 valence electrons. The van der Waals surface area contributed by atoms with Gasteiger partial charge in [-0.15, -0.1) is 0 Å². The Morgan fingerprint density at radius 1 is 1.58 bits per heavy atom. The summed E-state index contributed by atoms with van der Waals surface area (Å²) in [4.78, 5) is 12.7. The van der Waals surface area contributed by atoms with E-state index >= 15 is 0 Å². The Labute approximate surface area is 73.6 Å². The fourth-order valence-electron chi connectivity index (χ4n) is 0.570. The Morgan fingerprint density at radius 2 is 2.08 bits per heavy atom. The Kier molecular flexibility index (Phi) is 4.03. The highest BCUT2D eigenvalue weighted by Gasteiger charge is 2.14. The monoisotopic (exact) mass is 174 g/mol. The zero-order valence-corrected chi connectivity index (χ0v) is 8.22. The van der Waals surface area contributed by atoms with E-state index in [0.29, 0.717) is 6.54 Å². The molecule has 0 atom stereocenters. The first-order valence-electron chi connectivity index (χ1n) is 4.08. The molecule has 0 aromatic carbocycles. The van der Waals surface area contributed by atoms with E-state index < -0.39 is 5.60 Å². The maximum absolute atomic E-state index is 11.1. The lowest BCUT2D eigenvalue weighted by Gasteiger charge is -2.21. The number of urea groups is 1. The van der Waals surface area contributed by atoms with Crippen molar-refractivity contribution < 1.29 is 9.90 Å². The molecular formula is C8H18N2O2. The lowest BCUT2D eigenvalue weighted by atomic mass is 10.1. The number of aliphatic hydroxyl groups is 1. The van der Waals surface area contributed by atoms with Crippen LogP contribution in [0.15, 0.2) is 0 Å². The summed E-state index contributed by atoms with van der Waals surface area (Å²) >= 11 is 0. The van der Waals surface area contributed by atoms with Gasteiger partial charge >= 0.3 is 6.03 Å². The quantitative estimate of drug-likeness (QED) is 0.651. The van der Waals surface area contributed by atoms with Crippen LogP contribution in [-0.4, -0.2) is 41.8 Å². The number of nitrogens with one attached hydrogen (secondary N) is 1. The lowest BCUT2D eigenvalue weighted by Crippen LogP contribution is -2.44. The second-order valence-electron chi connectivity index (χ2n) is 3.49. The Hall–Kier alpha value is -0.770. The standard InChI is InChI=1S/C8H18N2O2/c1-5-10(4)7(11)9-6-8(2,3)12/h12H,5-6H2,1-4H3,(H,9,11). The van der Waals surface area contributed by atoms with Crippen LogP contribution in [0.3, 0.4) is 0 Å². The van der Waals surface area contributed by atoms with Crippen LogP contribution < -0.4 is 5.32 Å². The van der Waals surface area contributed by atoms with Gasteiger partial charge in [0.05, 0.1) is 5.60 Å². The fourth-order valence-corrected chi connectivity index (χ4v) is 0.570. The highest BCUT2D eigenvalue weighted by Crippen LogP contribution is 1.97. The van der Waals surface area contributed by atoms with Gasteiger partial charge in [0.1, 0.15) is 0 Å². The van der Waals surface area contributed by atoms with Crippen molar-refractivity contribution in [2.24, 2.45) is 0 Å². The van der Waals surface area contributed by atoms with E-state index in [1.807, 2.05) is 6.92 Å². The highest BCUT2D eigenvalue weighted by atomic mass is 16.3. The molecule has 0 saturated carbocycles. The van der Waals surface area contributed by atoms with Crippen LogP contribution in [0, 0.1) is 0 Å². The van der Waals surface area contributed by atoms with Gasteiger partial charge in [-0.25, -0.2) is 4.79 Å². The molecule has 2 N–H and O–H groups in total. The van der Waals surface area contributed by atoms with Crippen LogP contribution >= 0.6 is 0 Å². The van der Waals surface area contributed by atoms with Crippen LogP contribution in [0.1, 0.15) is 20.8 Å². The molecular weight excluding hydrogens is 156 g/mol. The molecule has 0 unspecified atom stereocenters. The van der Waals surface area contributed by atoms with Crippen molar-refractivity contribution in [3.8, 4) is 0 Å². The molecule has 0 bridgehead atoms. The topological polar surface area (TPSA) is 52.6 Å². The van der Waals surface area contributed by atoms with E-state index in [0.717, 1.165) is 0 Å². The smallest absolute Gasteiger partial charge is 0.317 e. The molecule has 4 nitrogen and oxygen atoms in total. The van der Waals surface area contributed by atoms with Gasteiger partial charge in [0, 0.05) is 20.1 Å². The first kappa shape index (κ1) is 11.2. The molecule has 0 fully saturated rings. The summed E-state index contributed by atoms with van der Waals surface area (Å²) in [7, 11) is 1.71. The molecule has 0 aliphatic carbocycles. The normalized spacial score (nSPS) is 11.1. The molecule has 0 aliphatic heterocycles. The fraction of sp³-hybridized carbons (Fsp3) is 0.875. The van der Waals surface area contributed by atoms with Crippen LogP contribution in [0.2, 0.25) is 0 Å². The van der Waals surface area contributed by atoms with Crippen molar-refractivity contribution in [1.29, 1.82) is 0 Å². The average molecular weight is 174 g/mol. The van der Waals surface area contributed by atoms with Gasteiger partial charge in [0.2, 0.25) is 0 Å². The molecule has 0 heterocycles. The van der Waals surface area contributed by atoms with Crippen LogP contribution in [-0.2, 0) is 0 Å². The number of hydrogen-bond donors (Lipinski definition) is 2. The molecule has 4 heteroatoms. The molecule has 0 spiro atoms. The van der Waals surface area contributed by atoms with Gasteiger partial charge in [0.25, 0.3) is 0 Å². The first-order valence-corrected chi connectivity index (χ1v) is 4.08. The van der Waals surface area contributed by atoms with Crippen molar-refractivity contribution in [3.05, 3.63) is 0 Å². The third-order valence-electron chi connectivity index (χ3n) is 1.49. The summed E-state index contributed by atoms with van der Waals surface area (Å²) in [5.41, 5.74) is -0.843.